The smallest absolute Gasteiger partial charge is 0.0976 e. The van der Waals surface area contributed by atoms with E-state index in [2.05, 4.69) is 18.2 Å². The maximum atomic E-state index is 8.88. The number of nitriles is 1. The van der Waals surface area contributed by atoms with E-state index < -0.39 is 0 Å². The lowest BCUT2D eigenvalue weighted by Crippen LogP contribution is -2.26. The number of nitrogens with zero attached hydrogens (tertiary/aromatic N) is 2. The Bertz CT molecular complexity index is 298. The summed E-state index contributed by atoms with van der Waals surface area (Å²) in [6.45, 7) is 0. The molecule has 0 aliphatic carbocycles. The first kappa shape index (κ1) is 10.7. The largest absolute Gasteiger partial charge is 0.294 e. The lowest BCUT2D eigenvalue weighted by atomic mass is 10.1. The van der Waals surface area contributed by atoms with Crippen molar-refractivity contribution in [2.45, 2.75) is 18.9 Å². The van der Waals surface area contributed by atoms with Crippen LogP contribution in [0.15, 0.2) is 30.3 Å². The van der Waals surface area contributed by atoms with Crippen LogP contribution in [0, 0.1) is 11.3 Å². The fourth-order valence-corrected chi connectivity index (χ4v) is 1.39. The molecule has 14 heavy (non-hydrogen) atoms. The molecule has 2 nitrogen and oxygen atoms in total. The summed E-state index contributed by atoms with van der Waals surface area (Å²) in [4.78, 5) is 1.96. The molecule has 0 fully saturated rings. The van der Waals surface area contributed by atoms with Gasteiger partial charge in [-0.25, -0.2) is 0 Å². The van der Waals surface area contributed by atoms with Gasteiger partial charge in [-0.3, -0.25) is 4.90 Å². The second-order valence-corrected chi connectivity index (χ2v) is 3.63. The van der Waals surface area contributed by atoms with Crippen LogP contribution in [-0.2, 0) is 6.42 Å². The molecule has 1 aromatic rings. The van der Waals surface area contributed by atoms with Gasteiger partial charge in [0.25, 0.3) is 0 Å². The zero-order chi connectivity index (χ0) is 10.4. The van der Waals surface area contributed by atoms with Gasteiger partial charge in [0.05, 0.1) is 12.1 Å². The first-order chi connectivity index (χ1) is 6.74. The van der Waals surface area contributed by atoms with E-state index in [9.17, 15) is 0 Å². The molecule has 0 aliphatic heterocycles. The van der Waals surface area contributed by atoms with Crippen molar-refractivity contribution in [1.82, 2.24) is 4.90 Å². The van der Waals surface area contributed by atoms with Crippen molar-refractivity contribution in [3.05, 3.63) is 35.9 Å². The summed E-state index contributed by atoms with van der Waals surface area (Å²) in [5.74, 6) is 0. The summed E-state index contributed by atoms with van der Waals surface area (Å²) in [6.07, 6.45) is 1.87. The average molecular weight is 188 g/mol. The molecule has 1 aromatic carbocycles. The highest BCUT2D eigenvalue weighted by Gasteiger charge is 2.08. The summed E-state index contributed by atoms with van der Waals surface area (Å²) in [5, 5.41) is 8.88. The minimum absolute atomic E-state index is 0.0233. The minimum Gasteiger partial charge on any atom is -0.294 e. The summed E-state index contributed by atoms with van der Waals surface area (Å²) >= 11 is 0. The molecule has 2 heteroatoms. The third-order valence-electron chi connectivity index (χ3n) is 2.32. The minimum atomic E-state index is 0.0233. The number of rotatable bonds is 4. The Balaban J connectivity index is 2.45. The molecular formula is C12H16N2. The van der Waals surface area contributed by atoms with Crippen LogP contribution in [0.4, 0.5) is 0 Å². The van der Waals surface area contributed by atoms with Gasteiger partial charge in [0.2, 0.25) is 0 Å². The molecule has 0 N–H and O–H groups in total. The van der Waals surface area contributed by atoms with Crippen LogP contribution in [0.1, 0.15) is 12.0 Å². The van der Waals surface area contributed by atoms with E-state index in [1.165, 1.54) is 5.56 Å². The van der Waals surface area contributed by atoms with Crippen LogP contribution in [-0.4, -0.2) is 25.0 Å². The van der Waals surface area contributed by atoms with Crippen molar-refractivity contribution in [2.24, 2.45) is 0 Å². The molecule has 0 aliphatic rings. The Morgan fingerprint density at radius 3 is 2.43 bits per heavy atom. The molecule has 0 bridgehead atoms. The zero-order valence-electron chi connectivity index (χ0n) is 8.77. The zero-order valence-corrected chi connectivity index (χ0v) is 8.77. The van der Waals surface area contributed by atoms with E-state index in [1.807, 2.05) is 37.2 Å². The second kappa shape index (κ2) is 5.41. The Hall–Kier alpha value is -1.33. The predicted molar refractivity (Wildman–Crippen MR) is 57.9 cm³/mol. The molecule has 0 aromatic heterocycles. The highest BCUT2D eigenvalue weighted by Crippen LogP contribution is 2.06. The molecule has 0 radical (unpaired) electrons. The van der Waals surface area contributed by atoms with E-state index in [4.69, 9.17) is 5.26 Å². The van der Waals surface area contributed by atoms with Gasteiger partial charge < -0.3 is 0 Å². The summed E-state index contributed by atoms with van der Waals surface area (Å²) in [7, 11) is 3.89. The molecule has 1 atom stereocenters. The van der Waals surface area contributed by atoms with Crippen molar-refractivity contribution < 1.29 is 0 Å². The molecule has 0 saturated carbocycles. The topological polar surface area (TPSA) is 27.0 Å². The third-order valence-corrected chi connectivity index (χ3v) is 2.32. The molecule has 1 rings (SSSR count). The predicted octanol–water partition coefficient (Wildman–Crippen LogP) is 2.07. The maximum Gasteiger partial charge on any atom is 0.0976 e. The van der Waals surface area contributed by atoms with Crippen LogP contribution in [0.5, 0.6) is 0 Å². The lowest BCUT2D eigenvalue weighted by molar-refractivity contribution is 0.335. The molecule has 0 heterocycles. The molecule has 0 saturated heterocycles. The second-order valence-electron chi connectivity index (χ2n) is 3.63. The fourth-order valence-electron chi connectivity index (χ4n) is 1.39. The first-order valence-electron chi connectivity index (χ1n) is 4.84. The number of hydrogen-bond acceptors (Lipinski definition) is 2. The SMILES string of the molecule is CN(C)C(C#N)CCc1ccccc1. The monoisotopic (exact) mass is 188 g/mol. The quantitative estimate of drug-likeness (QED) is 0.723. The third kappa shape index (κ3) is 3.20. The van der Waals surface area contributed by atoms with Crippen molar-refractivity contribution in [3.8, 4) is 6.07 Å². The van der Waals surface area contributed by atoms with Gasteiger partial charge in [-0.2, -0.15) is 5.26 Å². The van der Waals surface area contributed by atoms with Crippen LogP contribution in [0.25, 0.3) is 0 Å². The number of hydrogen-bond donors (Lipinski definition) is 0. The van der Waals surface area contributed by atoms with E-state index >= 15 is 0 Å². The van der Waals surface area contributed by atoms with Crippen LogP contribution >= 0.6 is 0 Å². The molecule has 74 valence electrons. The van der Waals surface area contributed by atoms with Crippen LogP contribution in [0.3, 0.4) is 0 Å². The van der Waals surface area contributed by atoms with Crippen LogP contribution in [0.2, 0.25) is 0 Å². The van der Waals surface area contributed by atoms with Gasteiger partial charge in [-0.1, -0.05) is 30.3 Å². The van der Waals surface area contributed by atoms with Crippen LogP contribution < -0.4 is 0 Å². The van der Waals surface area contributed by atoms with Crippen molar-refractivity contribution in [2.75, 3.05) is 14.1 Å². The highest BCUT2D eigenvalue weighted by molar-refractivity contribution is 5.15. The van der Waals surface area contributed by atoms with Gasteiger partial charge in [0.15, 0.2) is 0 Å². The Morgan fingerprint density at radius 1 is 1.29 bits per heavy atom. The summed E-state index contributed by atoms with van der Waals surface area (Å²) in [6, 6.07) is 12.6. The van der Waals surface area contributed by atoms with Crippen molar-refractivity contribution in [1.29, 1.82) is 5.26 Å². The van der Waals surface area contributed by atoms with Gasteiger partial charge >= 0.3 is 0 Å². The van der Waals surface area contributed by atoms with E-state index in [1.54, 1.807) is 0 Å². The van der Waals surface area contributed by atoms with Crippen molar-refractivity contribution in [3.63, 3.8) is 0 Å². The van der Waals surface area contributed by atoms with E-state index in [0.717, 1.165) is 12.8 Å². The molecule has 0 amide bonds. The number of benzene rings is 1. The summed E-state index contributed by atoms with van der Waals surface area (Å²) in [5.41, 5.74) is 1.30. The molecule has 0 spiro atoms. The normalized spacial score (nSPS) is 12.4. The van der Waals surface area contributed by atoms with E-state index in [-0.39, 0.29) is 6.04 Å². The molecular weight excluding hydrogens is 172 g/mol. The lowest BCUT2D eigenvalue weighted by Gasteiger charge is -2.16. The summed E-state index contributed by atoms with van der Waals surface area (Å²) < 4.78 is 0. The van der Waals surface area contributed by atoms with Crippen molar-refractivity contribution >= 4 is 0 Å². The van der Waals surface area contributed by atoms with Gasteiger partial charge in [0.1, 0.15) is 0 Å². The van der Waals surface area contributed by atoms with Gasteiger partial charge in [0, 0.05) is 0 Å². The first-order valence-corrected chi connectivity index (χ1v) is 4.84. The maximum absolute atomic E-state index is 8.88. The number of aryl methyl sites for hydroxylation is 1. The Morgan fingerprint density at radius 2 is 1.93 bits per heavy atom. The Labute approximate surface area is 85.8 Å². The average Bonchev–Trinajstić information content (AvgIpc) is 2.20. The van der Waals surface area contributed by atoms with Gasteiger partial charge in [-0.05, 0) is 32.5 Å². The Kier molecular flexibility index (Phi) is 4.15. The fraction of sp³-hybridized carbons (Fsp3) is 0.417. The standard InChI is InChI=1S/C12H16N2/c1-14(2)12(10-13)9-8-11-6-4-3-5-7-11/h3-7,12H,8-9H2,1-2H3. The highest BCUT2D eigenvalue weighted by atomic mass is 15.1. The van der Waals surface area contributed by atoms with E-state index in [0.29, 0.717) is 0 Å². The molecule has 1 unspecified atom stereocenters. The van der Waals surface area contributed by atoms with Gasteiger partial charge in [-0.15, -0.1) is 0 Å².